The van der Waals surface area contributed by atoms with Crippen LogP contribution in [0.1, 0.15) is 29.0 Å². The molecule has 1 saturated heterocycles. The minimum atomic E-state index is -0.951. The van der Waals surface area contributed by atoms with Crippen molar-refractivity contribution in [3.63, 3.8) is 0 Å². The molecule has 0 aliphatic carbocycles. The van der Waals surface area contributed by atoms with Gasteiger partial charge in [0.05, 0.1) is 29.4 Å². The summed E-state index contributed by atoms with van der Waals surface area (Å²) in [5, 5.41) is 18.4. The first-order chi connectivity index (χ1) is 14.0. The number of aromatic nitrogens is 4. The molecule has 0 saturated carbocycles. The molecule has 0 spiro atoms. The van der Waals surface area contributed by atoms with E-state index in [2.05, 4.69) is 15.3 Å². The summed E-state index contributed by atoms with van der Waals surface area (Å²) in [5.74, 6) is -1.29. The second-order valence-electron chi connectivity index (χ2n) is 7.09. The zero-order valence-corrected chi connectivity index (χ0v) is 16.1. The Morgan fingerprint density at radius 3 is 2.86 bits per heavy atom. The van der Waals surface area contributed by atoms with Crippen LogP contribution < -0.4 is 0 Å². The zero-order valence-electron chi connectivity index (χ0n) is 16.1. The molecule has 1 amide bonds. The summed E-state index contributed by atoms with van der Waals surface area (Å²) >= 11 is 0. The predicted molar refractivity (Wildman–Crippen MR) is 104 cm³/mol. The number of carbonyl (C=O) groups excluding carboxylic acids is 1. The summed E-state index contributed by atoms with van der Waals surface area (Å²) in [6, 6.07) is 9.02. The Morgan fingerprint density at radius 1 is 1.28 bits per heavy atom. The molecule has 9 heteroatoms. The van der Waals surface area contributed by atoms with Gasteiger partial charge in [-0.15, -0.1) is 5.10 Å². The number of aliphatic carboxylic acids is 1. The van der Waals surface area contributed by atoms with Crippen LogP contribution in [0.3, 0.4) is 0 Å². The summed E-state index contributed by atoms with van der Waals surface area (Å²) in [6.45, 7) is 2.11. The van der Waals surface area contributed by atoms with Crippen LogP contribution in [0.2, 0.25) is 0 Å². The van der Waals surface area contributed by atoms with E-state index in [1.165, 1.54) is 4.90 Å². The van der Waals surface area contributed by atoms with Crippen molar-refractivity contribution in [2.24, 2.45) is 0 Å². The standard InChI is InChI=1S/C20H21N5O4/c1-12-19(20(28)24-11-14(29-2)9-13(24)10-18(26)27)22-23-25(12)17-7-3-6-16-15(17)5-4-8-21-16/h3-8,13-14H,9-11H2,1-2H3,(H,26,27). The second kappa shape index (κ2) is 7.59. The molecule has 3 heterocycles. The van der Waals surface area contributed by atoms with Crippen LogP contribution in [0, 0.1) is 6.92 Å². The maximum Gasteiger partial charge on any atom is 0.305 e. The highest BCUT2D eigenvalue weighted by Crippen LogP contribution is 2.26. The summed E-state index contributed by atoms with van der Waals surface area (Å²) in [7, 11) is 1.56. The first kappa shape index (κ1) is 19.0. The summed E-state index contributed by atoms with van der Waals surface area (Å²) in [4.78, 5) is 30.3. The van der Waals surface area contributed by atoms with E-state index in [9.17, 15) is 14.7 Å². The van der Waals surface area contributed by atoms with E-state index in [-0.39, 0.29) is 24.1 Å². The largest absolute Gasteiger partial charge is 0.481 e. The van der Waals surface area contributed by atoms with Crippen LogP contribution in [0.25, 0.3) is 16.6 Å². The number of pyridine rings is 1. The van der Waals surface area contributed by atoms with Gasteiger partial charge in [0, 0.05) is 31.3 Å². The van der Waals surface area contributed by atoms with Gasteiger partial charge in [0.2, 0.25) is 0 Å². The number of carbonyl (C=O) groups is 2. The van der Waals surface area contributed by atoms with E-state index in [0.29, 0.717) is 18.7 Å². The van der Waals surface area contributed by atoms with Gasteiger partial charge < -0.3 is 14.7 Å². The second-order valence-corrected chi connectivity index (χ2v) is 7.09. The van der Waals surface area contributed by atoms with Gasteiger partial charge in [-0.05, 0) is 37.6 Å². The maximum atomic E-state index is 13.2. The molecule has 4 rings (SSSR count). The Bertz CT molecular complexity index is 1070. The van der Waals surface area contributed by atoms with Gasteiger partial charge >= 0.3 is 5.97 Å². The number of likely N-dealkylation sites (tertiary alicyclic amines) is 1. The average Bonchev–Trinajstić information content (AvgIpc) is 3.30. The molecule has 3 aromatic rings. The van der Waals surface area contributed by atoms with E-state index >= 15 is 0 Å². The first-order valence-corrected chi connectivity index (χ1v) is 9.31. The van der Waals surface area contributed by atoms with E-state index in [4.69, 9.17) is 4.74 Å². The summed E-state index contributed by atoms with van der Waals surface area (Å²) < 4.78 is 6.98. The number of methoxy groups -OCH3 is 1. The highest BCUT2D eigenvalue weighted by Gasteiger charge is 2.38. The fourth-order valence-electron chi connectivity index (χ4n) is 3.85. The lowest BCUT2D eigenvalue weighted by Crippen LogP contribution is -2.38. The van der Waals surface area contributed by atoms with Crippen LogP contribution >= 0.6 is 0 Å². The maximum absolute atomic E-state index is 13.2. The molecule has 1 fully saturated rings. The van der Waals surface area contributed by atoms with Crippen molar-refractivity contribution >= 4 is 22.8 Å². The van der Waals surface area contributed by atoms with Crippen molar-refractivity contribution in [3.8, 4) is 5.69 Å². The normalized spacial score (nSPS) is 19.0. The van der Waals surface area contributed by atoms with Crippen LogP contribution in [0.5, 0.6) is 0 Å². The van der Waals surface area contributed by atoms with E-state index in [1.807, 2.05) is 30.3 Å². The number of fused-ring (bicyclic) bond motifs is 1. The molecule has 0 bridgehead atoms. The predicted octanol–water partition coefficient (Wildman–Crippen LogP) is 1.83. The molecule has 2 aromatic heterocycles. The first-order valence-electron chi connectivity index (χ1n) is 9.31. The summed E-state index contributed by atoms with van der Waals surface area (Å²) in [6.07, 6.45) is 1.88. The monoisotopic (exact) mass is 395 g/mol. The smallest absolute Gasteiger partial charge is 0.305 e. The number of amides is 1. The van der Waals surface area contributed by atoms with E-state index in [1.54, 1.807) is 24.9 Å². The number of ether oxygens (including phenoxy) is 1. The van der Waals surface area contributed by atoms with Crippen molar-refractivity contribution in [2.75, 3.05) is 13.7 Å². The van der Waals surface area contributed by atoms with Crippen molar-refractivity contribution < 1.29 is 19.4 Å². The molecule has 1 aromatic carbocycles. The van der Waals surface area contributed by atoms with Gasteiger partial charge in [-0.2, -0.15) is 0 Å². The van der Waals surface area contributed by atoms with Crippen molar-refractivity contribution in [2.45, 2.75) is 31.9 Å². The lowest BCUT2D eigenvalue weighted by Gasteiger charge is -2.22. The number of carboxylic acids is 1. The number of rotatable bonds is 5. The molecule has 1 N–H and O–H groups in total. The van der Waals surface area contributed by atoms with Crippen molar-refractivity contribution in [3.05, 3.63) is 47.9 Å². The fraction of sp³-hybridized carbons (Fsp3) is 0.350. The van der Waals surface area contributed by atoms with Crippen LogP contribution in [-0.2, 0) is 9.53 Å². The molecular formula is C20H21N5O4. The number of hydrogen-bond donors (Lipinski definition) is 1. The van der Waals surface area contributed by atoms with Crippen LogP contribution in [0.4, 0.5) is 0 Å². The lowest BCUT2D eigenvalue weighted by atomic mass is 10.1. The molecule has 9 nitrogen and oxygen atoms in total. The molecule has 0 radical (unpaired) electrons. The molecule has 2 atom stereocenters. The number of nitrogens with zero attached hydrogens (tertiary/aromatic N) is 5. The van der Waals surface area contributed by atoms with Gasteiger partial charge in [-0.25, -0.2) is 4.68 Å². The third-order valence-corrected chi connectivity index (χ3v) is 5.33. The Hall–Kier alpha value is -3.33. The molecular weight excluding hydrogens is 374 g/mol. The van der Waals surface area contributed by atoms with Gasteiger partial charge in [0.1, 0.15) is 0 Å². The number of carboxylic acid groups (broad SMARTS) is 1. The minimum Gasteiger partial charge on any atom is -0.481 e. The highest BCUT2D eigenvalue weighted by atomic mass is 16.5. The Kier molecular flexibility index (Phi) is 4.98. The fourth-order valence-corrected chi connectivity index (χ4v) is 3.85. The zero-order chi connectivity index (χ0) is 20.5. The molecule has 1 aliphatic heterocycles. The third-order valence-electron chi connectivity index (χ3n) is 5.33. The molecule has 2 unspecified atom stereocenters. The van der Waals surface area contributed by atoms with Gasteiger partial charge in [-0.1, -0.05) is 11.3 Å². The third kappa shape index (κ3) is 3.44. The SMILES string of the molecule is COC1CC(CC(=O)O)N(C(=O)c2nnn(-c3cccc4ncccc34)c2C)C1. The van der Waals surface area contributed by atoms with Gasteiger partial charge in [0.15, 0.2) is 5.69 Å². The molecule has 29 heavy (non-hydrogen) atoms. The highest BCUT2D eigenvalue weighted by molar-refractivity contribution is 5.94. The van der Waals surface area contributed by atoms with Crippen LogP contribution in [-0.4, -0.2) is 67.7 Å². The Balaban J connectivity index is 1.69. The van der Waals surface area contributed by atoms with Crippen LogP contribution in [0.15, 0.2) is 36.5 Å². The minimum absolute atomic E-state index is 0.131. The van der Waals surface area contributed by atoms with Gasteiger partial charge in [-0.3, -0.25) is 14.6 Å². The Morgan fingerprint density at radius 2 is 2.10 bits per heavy atom. The molecule has 150 valence electrons. The van der Waals surface area contributed by atoms with E-state index < -0.39 is 12.0 Å². The van der Waals surface area contributed by atoms with E-state index in [0.717, 1.165) is 16.6 Å². The molecule has 1 aliphatic rings. The summed E-state index contributed by atoms with van der Waals surface area (Å²) in [5.41, 5.74) is 2.38. The average molecular weight is 395 g/mol. The van der Waals surface area contributed by atoms with Gasteiger partial charge in [0.25, 0.3) is 5.91 Å². The lowest BCUT2D eigenvalue weighted by molar-refractivity contribution is -0.138. The number of benzene rings is 1. The quantitative estimate of drug-likeness (QED) is 0.702. The topological polar surface area (TPSA) is 110 Å². The van der Waals surface area contributed by atoms with Crippen molar-refractivity contribution in [1.82, 2.24) is 24.9 Å². The number of hydrogen-bond acceptors (Lipinski definition) is 6. The Labute approximate surface area is 166 Å². The van der Waals surface area contributed by atoms with Crippen molar-refractivity contribution in [1.29, 1.82) is 0 Å².